The fourth-order valence-electron chi connectivity index (χ4n) is 2.56. The molecule has 3 nitrogen and oxygen atoms in total. The smallest absolute Gasteiger partial charge is 0.122 e. The van der Waals surface area contributed by atoms with Crippen molar-refractivity contribution in [3.63, 3.8) is 0 Å². The van der Waals surface area contributed by atoms with E-state index in [2.05, 4.69) is 24.5 Å². The van der Waals surface area contributed by atoms with Gasteiger partial charge in [-0.25, -0.2) is 0 Å². The fourth-order valence-corrected chi connectivity index (χ4v) is 2.56. The molecule has 0 aliphatic heterocycles. The largest absolute Gasteiger partial charge is 0.490 e. The summed E-state index contributed by atoms with van der Waals surface area (Å²) in [6.45, 7) is 5.20. The minimum atomic E-state index is 0.524. The minimum absolute atomic E-state index is 0.524. The molecule has 0 spiro atoms. The lowest BCUT2D eigenvalue weighted by atomic mass is 10.1. The van der Waals surface area contributed by atoms with E-state index in [-0.39, 0.29) is 0 Å². The maximum Gasteiger partial charge on any atom is 0.122 e. The molecule has 118 valence electrons. The third kappa shape index (κ3) is 4.16. The summed E-state index contributed by atoms with van der Waals surface area (Å²) in [4.78, 5) is 0. The van der Waals surface area contributed by atoms with Gasteiger partial charge in [-0.15, -0.1) is 0 Å². The number of hydrogen-bond donors (Lipinski definition) is 0. The molecule has 0 saturated carbocycles. The Hall–Kier alpha value is -2.68. The average Bonchev–Trinajstić information content (AvgIpc) is 3.06. The lowest BCUT2D eigenvalue weighted by Crippen LogP contribution is -2.09. The van der Waals surface area contributed by atoms with Crippen LogP contribution in [0.1, 0.15) is 11.1 Å². The van der Waals surface area contributed by atoms with Crippen LogP contribution in [-0.2, 0) is 0 Å². The monoisotopic (exact) mass is 307 g/mol. The van der Waals surface area contributed by atoms with Gasteiger partial charge in [-0.1, -0.05) is 6.07 Å². The van der Waals surface area contributed by atoms with Crippen LogP contribution in [0.2, 0.25) is 0 Å². The molecule has 0 bridgehead atoms. The van der Waals surface area contributed by atoms with Gasteiger partial charge in [0.05, 0.1) is 0 Å². The number of aryl methyl sites for hydroxylation is 2. The van der Waals surface area contributed by atoms with Crippen molar-refractivity contribution >= 4 is 0 Å². The van der Waals surface area contributed by atoms with E-state index in [9.17, 15) is 0 Å². The number of rotatable bonds is 6. The molecular weight excluding hydrogens is 286 g/mol. The zero-order valence-electron chi connectivity index (χ0n) is 13.5. The first-order valence-electron chi connectivity index (χ1n) is 7.78. The molecule has 0 aliphatic carbocycles. The van der Waals surface area contributed by atoms with E-state index in [0.29, 0.717) is 13.2 Å². The van der Waals surface area contributed by atoms with Crippen LogP contribution in [0.4, 0.5) is 0 Å². The van der Waals surface area contributed by atoms with Crippen molar-refractivity contribution < 1.29 is 9.47 Å². The van der Waals surface area contributed by atoms with Gasteiger partial charge in [0.25, 0.3) is 0 Å². The fraction of sp³-hybridized carbons (Fsp3) is 0.200. The highest BCUT2D eigenvalue weighted by atomic mass is 16.5. The SMILES string of the molecule is Cc1cc(C)cc(OCCOc2ccc(-n3cccc3)cc2)c1. The van der Waals surface area contributed by atoms with E-state index in [1.54, 1.807) is 0 Å². The highest BCUT2D eigenvalue weighted by Crippen LogP contribution is 2.17. The lowest BCUT2D eigenvalue weighted by Gasteiger charge is -2.10. The Kier molecular flexibility index (Phi) is 4.67. The van der Waals surface area contributed by atoms with Gasteiger partial charge in [-0.05, 0) is 73.5 Å². The normalized spacial score (nSPS) is 10.5. The summed E-state index contributed by atoms with van der Waals surface area (Å²) in [6.07, 6.45) is 4.04. The van der Waals surface area contributed by atoms with Crippen LogP contribution in [0.3, 0.4) is 0 Å². The summed E-state index contributed by atoms with van der Waals surface area (Å²) in [6, 6.07) is 18.3. The van der Waals surface area contributed by atoms with Gasteiger partial charge in [0.1, 0.15) is 24.7 Å². The first kappa shape index (κ1) is 15.2. The van der Waals surface area contributed by atoms with Gasteiger partial charge >= 0.3 is 0 Å². The predicted molar refractivity (Wildman–Crippen MR) is 92.7 cm³/mol. The lowest BCUT2D eigenvalue weighted by molar-refractivity contribution is 0.217. The maximum atomic E-state index is 5.74. The van der Waals surface area contributed by atoms with E-state index in [1.165, 1.54) is 11.1 Å². The van der Waals surface area contributed by atoms with Gasteiger partial charge in [-0.2, -0.15) is 0 Å². The molecule has 0 N–H and O–H groups in total. The van der Waals surface area contributed by atoms with E-state index < -0.39 is 0 Å². The molecule has 0 amide bonds. The molecule has 0 atom stereocenters. The van der Waals surface area contributed by atoms with E-state index in [0.717, 1.165) is 17.2 Å². The van der Waals surface area contributed by atoms with E-state index in [1.807, 2.05) is 60.9 Å². The molecule has 0 aliphatic rings. The Morgan fingerprint density at radius 3 is 1.91 bits per heavy atom. The second kappa shape index (κ2) is 7.05. The van der Waals surface area contributed by atoms with Crippen molar-refractivity contribution in [3.05, 3.63) is 78.1 Å². The molecule has 0 saturated heterocycles. The Morgan fingerprint density at radius 1 is 0.739 bits per heavy atom. The van der Waals surface area contributed by atoms with Crippen LogP contribution in [0.25, 0.3) is 5.69 Å². The van der Waals surface area contributed by atoms with E-state index >= 15 is 0 Å². The van der Waals surface area contributed by atoms with Crippen molar-refractivity contribution in [2.24, 2.45) is 0 Å². The number of hydrogen-bond acceptors (Lipinski definition) is 2. The zero-order chi connectivity index (χ0) is 16.1. The summed E-state index contributed by atoms with van der Waals surface area (Å²) in [7, 11) is 0. The molecule has 3 heteroatoms. The summed E-state index contributed by atoms with van der Waals surface area (Å²) in [5.41, 5.74) is 3.54. The standard InChI is InChI=1S/C20H21NO2/c1-16-13-17(2)15-20(14-16)23-12-11-22-19-7-5-18(6-8-19)21-9-3-4-10-21/h3-10,13-15H,11-12H2,1-2H3. The molecule has 0 unspecified atom stereocenters. The molecular formula is C20H21NO2. The van der Waals surface area contributed by atoms with Gasteiger partial charge in [0.15, 0.2) is 0 Å². The summed E-state index contributed by atoms with van der Waals surface area (Å²) < 4.78 is 13.5. The van der Waals surface area contributed by atoms with Crippen LogP contribution in [-0.4, -0.2) is 17.8 Å². The summed E-state index contributed by atoms with van der Waals surface area (Å²) in [5.74, 6) is 1.75. The van der Waals surface area contributed by atoms with E-state index in [4.69, 9.17) is 9.47 Å². The first-order valence-corrected chi connectivity index (χ1v) is 7.78. The highest BCUT2D eigenvalue weighted by molar-refractivity contribution is 5.37. The molecule has 0 radical (unpaired) electrons. The Morgan fingerprint density at radius 2 is 1.30 bits per heavy atom. The van der Waals surface area contributed by atoms with Crippen LogP contribution >= 0.6 is 0 Å². The topological polar surface area (TPSA) is 23.4 Å². The molecule has 2 aromatic carbocycles. The molecule has 23 heavy (non-hydrogen) atoms. The molecule has 0 fully saturated rings. The summed E-state index contributed by atoms with van der Waals surface area (Å²) >= 11 is 0. The zero-order valence-corrected chi connectivity index (χ0v) is 13.5. The van der Waals surface area contributed by atoms with Crippen LogP contribution < -0.4 is 9.47 Å². The Bertz CT molecular complexity index is 726. The quantitative estimate of drug-likeness (QED) is 0.624. The van der Waals surface area contributed by atoms with Gasteiger partial charge in [0, 0.05) is 18.1 Å². The first-order chi connectivity index (χ1) is 11.2. The number of benzene rings is 2. The second-order valence-corrected chi connectivity index (χ2v) is 5.60. The maximum absolute atomic E-state index is 5.74. The third-order valence-corrected chi connectivity index (χ3v) is 3.56. The van der Waals surface area contributed by atoms with Crippen molar-refractivity contribution in [2.75, 3.05) is 13.2 Å². The van der Waals surface area contributed by atoms with Crippen LogP contribution in [0.5, 0.6) is 11.5 Å². The Labute approximate surface area is 137 Å². The van der Waals surface area contributed by atoms with Crippen molar-refractivity contribution in [1.82, 2.24) is 4.57 Å². The molecule has 3 rings (SSSR count). The van der Waals surface area contributed by atoms with Crippen LogP contribution in [0.15, 0.2) is 67.0 Å². The van der Waals surface area contributed by atoms with Gasteiger partial charge < -0.3 is 14.0 Å². The third-order valence-electron chi connectivity index (χ3n) is 3.56. The molecule has 3 aromatic rings. The second-order valence-electron chi connectivity index (χ2n) is 5.60. The van der Waals surface area contributed by atoms with Gasteiger partial charge in [-0.3, -0.25) is 0 Å². The van der Waals surface area contributed by atoms with Crippen molar-refractivity contribution in [3.8, 4) is 17.2 Å². The van der Waals surface area contributed by atoms with Gasteiger partial charge in [0.2, 0.25) is 0 Å². The van der Waals surface area contributed by atoms with Crippen molar-refractivity contribution in [2.45, 2.75) is 13.8 Å². The van der Waals surface area contributed by atoms with Crippen molar-refractivity contribution in [1.29, 1.82) is 0 Å². The van der Waals surface area contributed by atoms with Crippen LogP contribution in [0, 0.1) is 13.8 Å². The molecule has 1 heterocycles. The minimum Gasteiger partial charge on any atom is -0.490 e. The number of ether oxygens (including phenoxy) is 2. The molecule has 1 aromatic heterocycles. The predicted octanol–water partition coefficient (Wildman–Crippen LogP) is 4.55. The number of nitrogens with zero attached hydrogens (tertiary/aromatic N) is 1. The Balaban J connectivity index is 1.49. The number of aromatic nitrogens is 1. The summed E-state index contributed by atoms with van der Waals surface area (Å²) in [5, 5.41) is 0. The average molecular weight is 307 g/mol. The highest BCUT2D eigenvalue weighted by Gasteiger charge is 1.99.